The Labute approximate surface area is 198 Å². The van der Waals surface area contributed by atoms with E-state index in [2.05, 4.69) is 40.7 Å². The number of nitrogens with one attached hydrogen (secondary N) is 2. The molecule has 172 valence electrons. The molecule has 1 unspecified atom stereocenters. The van der Waals surface area contributed by atoms with Crippen LogP contribution < -0.4 is 15.4 Å². The molecule has 1 atom stereocenters. The molecule has 1 aliphatic heterocycles. The molecule has 0 amide bonds. The quantitative estimate of drug-likeness (QED) is 0.175. The van der Waals surface area contributed by atoms with Gasteiger partial charge >= 0.3 is 0 Å². The fraction of sp³-hybridized carbons (Fsp3) is 0.682. The average molecular weight is 535 g/mol. The molecule has 1 heterocycles. The number of ether oxygens (including phenoxy) is 4. The third-order valence-corrected chi connectivity index (χ3v) is 4.73. The number of aryl methyl sites for hydroxylation is 1. The van der Waals surface area contributed by atoms with Crippen molar-refractivity contribution >= 4 is 29.9 Å². The molecule has 2 N–H and O–H groups in total. The number of rotatable bonds is 13. The summed E-state index contributed by atoms with van der Waals surface area (Å²) in [5.41, 5.74) is 2.29. The number of aliphatic imine (C=N–C) groups is 1. The van der Waals surface area contributed by atoms with E-state index in [1.165, 1.54) is 5.56 Å². The SMILES string of the molecule is CN=C(NCCCOCC1CCCO1)NCc1ccc(C)cc1OCCCOC.I. The number of benzene rings is 1. The van der Waals surface area contributed by atoms with E-state index in [0.717, 1.165) is 62.7 Å². The van der Waals surface area contributed by atoms with Crippen LogP contribution in [-0.2, 0) is 20.8 Å². The van der Waals surface area contributed by atoms with Gasteiger partial charge in [-0.05, 0) is 37.8 Å². The van der Waals surface area contributed by atoms with Gasteiger partial charge in [0, 0.05) is 59.1 Å². The van der Waals surface area contributed by atoms with Crippen molar-refractivity contribution in [1.82, 2.24) is 10.6 Å². The minimum Gasteiger partial charge on any atom is -0.493 e. The van der Waals surface area contributed by atoms with Crippen LogP contribution in [0, 0.1) is 6.92 Å². The molecule has 0 spiro atoms. The molecule has 0 aliphatic carbocycles. The van der Waals surface area contributed by atoms with Gasteiger partial charge in [0.25, 0.3) is 0 Å². The van der Waals surface area contributed by atoms with Crippen molar-refractivity contribution in [2.45, 2.75) is 45.3 Å². The van der Waals surface area contributed by atoms with E-state index in [1.54, 1.807) is 14.2 Å². The maximum absolute atomic E-state index is 5.95. The predicted molar refractivity (Wildman–Crippen MR) is 131 cm³/mol. The number of halogens is 1. The Morgan fingerprint density at radius 3 is 2.80 bits per heavy atom. The normalized spacial score (nSPS) is 16.2. The molecule has 0 bridgehead atoms. The van der Waals surface area contributed by atoms with Gasteiger partial charge < -0.3 is 29.6 Å². The van der Waals surface area contributed by atoms with Gasteiger partial charge in [-0.2, -0.15) is 0 Å². The van der Waals surface area contributed by atoms with Crippen molar-refractivity contribution in [3.63, 3.8) is 0 Å². The van der Waals surface area contributed by atoms with Crippen molar-refractivity contribution in [2.75, 3.05) is 53.7 Å². The molecule has 0 radical (unpaired) electrons. The minimum absolute atomic E-state index is 0. The Balaban J connectivity index is 0.00000450. The van der Waals surface area contributed by atoms with Gasteiger partial charge in [-0.1, -0.05) is 12.1 Å². The lowest BCUT2D eigenvalue weighted by molar-refractivity contribution is 0.0168. The van der Waals surface area contributed by atoms with E-state index < -0.39 is 0 Å². The van der Waals surface area contributed by atoms with Crippen LogP contribution in [0.1, 0.15) is 36.8 Å². The summed E-state index contributed by atoms with van der Waals surface area (Å²) in [6, 6.07) is 6.27. The molecule has 1 aromatic carbocycles. The highest BCUT2D eigenvalue weighted by atomic mass is 127. The van der Waals surface area contributed by atoms with E-state index in [-0.39, 0.29) is 30.1 Å². The summed E-state index contributed by atoms with van der Waals surface area (Å²) in [4.78, 5) is 4.29. The second-order valence-electron chi connectivity index (χ2n) is 7.22. The fourth-order valence-corrected chi connectivity index (χ4v) is 3.10. The third kappa shape index (κ3) is 10.8. The van der Waals surface area contributed by atoms with Gasteiger partial charge in [0.1, 0.15) is 5.75 Å². The first-order chi connectivity index (χ1) is 14.2. The zero-order valence-electron chi connectivity index (χ0n) is 18.6. The summed E-state index contributed by atoms with van der Waals surface area (Å²) in [6.45, 7) is 7.17. The topological polar surface area (TPSA) is 73.3 Å². The van der Waals surface area contributed by atoms with E-state index in [0.29, 0.717) is 26.4 Å². The maximum Gasteiger partial charge on any atom is 0.191 e. The maximum atomic E-state index is 5.95. The molecular weight excluding hydrogens is 497 g/mol. The average Bonchev–Trinajstić information content (AvgIpc) is 3.24. The van der Waals surface area contributed by atoms with Crippen molar-refractivity contribution in [3.05, 3.63) is 29.3 Å². The highest BCUT2D eigenvalue weighted by Crippen LogP contribution is 2.20. The van der Waals surface area contributed by atoms with Gasteiger partial charge in [-0.25, -0.2) is 0 Å². The minimum atomic E-state index is 0. The summed E-state index contributed by atoms with van der Waals surface area (Å²) < 4.78 is 22.3. The van der Waals surface area contributed by atoms with Crippen molar-refractivity contribution < 1.29 is 18.9 Å². The van der Waals surface area contributed by atoms with Gasteiger partial charge in [0.15, 0.2) is 5.96 Å². The number of nitrogens with zero attached hydrogens (tertiary/aromatic N) is 1. The van der Waals surface area contributed by atoms with Crippen LogP contribution in [0.2, 0.25) is 0 Å². The highest BCUT2D eigenvalue weighted by molar-refractivity contribution is 14.0. The van der Waals surface area contributed by atoms with Crippen molar-refractivity contribution in [3.8, 4) is 5.75 Å². The Kier molecular flexibility index (Phi) is 14.9. The third-order valence-electron chi connectivity index (χ3n) is 4.73. The van der Waals surface area contributed by atoms with Gasteiger partial charge in [0.05, 0.1) is 19.3 Å². The van der Waals surface area contributed by atoms with Crippen LogP contribution in [0.3, 0.4) is 0 Å². The summed E-state index contributed by atoms with van der Waals surface area (Å²) in [6.07, 6.45) is 4.35. The lowest BCUT2D eigenvalue weighted by atomic mass is 10.1. The van der Waals surface area contributed by atoms with Gasteiger partial charge in [-0.15, -0.1) is 24.0 Å². The Morgan fingerprint density at radius 2 is 2.07 bits per heavy atom. The molecule has 0 saturated carbocycles. The fourth-order valence-electron chi connectivity index (χ4n) is 3.10. The van der Waals surface area contributed by atoms with Crippen LogP contribution in [-0.4, -0.2) is 65.8 Å². The summed E-state index contributed by atoms with van der Waals surface area (Å²) in [5, 5.41) is 6.69. The Bertz CT molecular complexity index is 610. The molecule has 2 rings (SSSR count). The monoisotopic (exact) mass is 535 g/mol. The predicted octanol–water partition coefficient (Wildman–Crippen LogP) is 3.28. The zero-order chi connectivity index (χ0) is 20.7. The first kappa shape index (κ1) is 26.9. The van der Waals surface area contributed by atoms with Crippen LogP contribution in [0.25, 0.3) is 0 Å². The van der Waals surface area contributed by atoms with Crippen LogP contribution >= 0.6 is 24.0 Å². The smallest absolute Gasteiger partial charge is 0.191 e. The second kappa shape index (κ2) is 16.6. The molecule has 1 aliphatic rings. The molecular formula is C22H38IN3O4. The molecule has 1 aromatic rings. The van der Waals surface area contributed by atoms with E-state index in [9.17, 15) is 0 Å². The van der Waals surface area contributed by atoms with E-state index in [1.807, 2.05) is 0 Å². The van der Waals surface area contributed by atoms with Crippen molar-refractivity contribution in [1.29, 1.82) is 0 Å². The first-order valence-electron chi connectivity index (χ1n) is 10.6. The largest absolute Gasteiger partial charge is 0.493 e. The lowest BCUT2D eigenvalue weighted by Crippen LogP contribution is -2.37. The van der Waals surface area contributed by atoms with Crippen LogP contribution in [0.5, 0.6) is 5.75 Å². The van der Waals surface area contributed by atoms with E-state index >= 15 is 0 Å². The number of guanidine groups is 1. The summed E-state index contributed by atoms with van der Waals surface area (Å²) in [7, 11) is 3.48. The highest BCUT2D eigenvalue weighted by Gasteiger charge is 2.14. The standard InChI is InChI=1S/C22H37N3O4.HI/c1-18-8-9-19(21(15-18)29-14-6-11-26-3)16-25-22(23-2)24-10-5-12-27-17-20-7-4-13-28-20;/h8-9,15,20H,4-7,10-14,16-17H2,1-3H3,(H2,23,24,25);1H. The second-order valence-corrected chi connectivity index (χ2v) is 7.22. The molecule has 8 heteroatoms. The van der Waals surface area contributed by atoms with E-state index in [4.69, 9.17) is 18.9 Å². The number of methoxy groups -OCH3 is 1. The van der Waals surface area contributed by atoms with Gasteiger partial charge in [0.2, 0.25) is 0 Å². The Morgan fingerprint density at radius 1 is 1.20 bits per heavy atom. The summed E-state index contributed by atoms with van der Waals surface area (Å²) >= 11 is 0. The molecule has 30 heavy (non-hydrogen) atoms. The molecule has 1 saturated heterocycles. The molecule has 7 nitrogen and oxygen atoms in total. The lowest BCUT2D eigenvalue weighted by Gasteiger charge is -2.16. The number of hydrogen-bond donors (Lipinski definition) is 2. The number of hydrogen-bond acceptors (Lipinski definition) is 5. The van der Waals surface area contributed by atoms with Crippen LogP contribution in [0.15, 0.2) is 23.2 Å². The molecule has 1 fully saturated rings. The Hall–Kier alpha value is -1.10. The van der Waals surface area contributed by atoms with Gasteiger partial charge in [-0.3, -0.25) is 4.99 Å². The first-order valence-corrected chi connectivity index (χ1v) is 10.6. The van der Waals surface area contributed by atoms with Crippen molar-refractivity contribution in [2.24, 2.45) is 4.99 Å². The zero-order valence-corrected chi connectivity index (χ0v) is 20.9. The summed E-state index contributed by atoms with van der Waals surface area (Å²) in [5.74, 6) is 1.68. The van der Waals surface area contributed by atoms with Crippen LogP contribution in [0.4, 0.5) is 0 Å². The molecule has 0 aromatic heterocycles.